The lowest BCUT2D eigenvalue weighted by molar-refractivity contribution is 0.0423. The van der Waals surface area contributed by atoms with E-state index in [2.05, 4.69) is 14.4 Å². The van der Waals surface area contributed by atoms with Gasteiger partial charge in [-0.3, -0.25) is 18.7 Å². The van der Waals surface area contributed by atoms with Crippen molar-refractivity contribution in [1.82, 2.24) is 10.2 Å². The number of carbonyl (C=O) groups excluding carboxylic acids is 1. The van der Waals surface area contributed by atoms with Crippen LogP contribution >= 0.6 is 17.2 Å². The molecule has 136 valence electrons. The minimum absolute atomic E-state index is 0.205. The first kappa shape index (κ1) is 21.3. The predicted octanol–water partition coefficient (Wildman–Crippen LogP) is -0.452. The van der Waals surface area contributed by atoms with E-state index in [1.165, 1.54) is 4.90 Å². The van der Waals surface area contributed by atoms with E-state index in [1.807, 2.05) is 0 Å². The molecule has 12 heteroatoms. The highest BCUT2D eigenvalue weighted by molar-refractivity contribution is 7.39. The second-order valence-corrected chi connectivity index (χ2v) is 6.10. The molecule has 10 nitrogen and oxygen atoms in total. The molecule has 0 unspecified atom stereocenters. The number of hydrogen-bond donors (Lipinski definition) is 6. The van der Waals surface area contributed by atoms with Crippen molar-refractivity contribution in [2.24, 2.45) is 5.73 Å². The second-order valence-electron chi connectivity index (χ2n) is 4.57. The normalized spacial score (nSPS) is 11.5. The first-order chi connectivity index (χ1) is 11.4. The SMILES string of the molecule is NCc1ccc(C(=O)NCCN(COP(O)O)COP(O)O)cc1. The molecule has 1 amide bonds. The first-order valence-electron chi connectivity index (χ1n) is 6.83. The maximum atomic E-state index is 12.0. The molecule has 0 saturated carbocycles. The third-order valence-corrected chi connectivity index (χ3v) is 3.57. The number of benzene rings is 1. The van der Waals surface area contributed by atoms with E-state index < -0.39 is 17.2 Å². The Morgan fingerprint density at radius 2 is 1.62 bits per heavy atom. The van der Waals surface area contributed by atoms with Crippen LogP contribution < -0.4 is 11.1 Å². The fraction of sp³-hybridized carbons (Fsp3) is 0.417. The molecule has 0 aliphatic rings. The Morgan fingerprint density at radius 3 is 2.08 bits per heavy atom. The van der Waals surface area contributed by atoms with Gasteiger partial charge in [0.25, 0.3) is 5.91 Å². The number of carbonyl (C=O) groups is 1. The summed E-state index contributed by atoms with van der Waals surface area (Å²) in [4.78, 5) is 48.4. The zero-order chi connectivity index (χ0) is 17.9. The van der Waals surface area contributed by atoms with Crippen molar-refractivity contribution in [1.29, 1.82) is 0 Å². The molecular formula is C12H21N3O7P2. The van der Waals surface area contributed by atoms with Gasteiger partial charge in [-0.1, -0.05) is 12.1 Å². The van der Waals surface area contributed by atoms with Crippen LogP contribution in [0.3, 0.4) is 0 Å². The van der Waals surface area contributed by atoms with Crippen molar-refractivity contribution < 1.29 is 33.4 Å². The molecule has 0 radical (unpaired) electrons. The van der Waals surface area contributed by atoms with Gasteiger partial charge >= 0.3 is 17.2 Å². The van der Waals surface area contributed by atoms with Crippen LogP contribution in [0.5, 0.6) is 0 Å². The van der Waals surface area contributed by atoms with Crippen molar-refractivity contribution in [3.63, 3.8) is 0 Å². The lowest BCUT2D eigenvalue weighted by Crippen LogP contribution is -2.36. The highest BCUT2D eigenvalue weighted by atomic mass is 31.2. The lowest BCUT2D eigenvalue weighted by Gasteiger charge is -2.22. The quantitative estimate of drug-likeness (QED) is 0.221. The summed E-state index contributed by atoms with van der Waals surface area (Å²) in [6.07, 6.45) is 0. The van der Waals surface area contributed by atoms with Gasteiger partial charge in [0.15, 0.2) is 0 Å². The topological polar surface area (TPSA) is 158 Å². The van der Waals surface area contributed by atoms with Crippen molar-refractivity contribution in [3.05, 3.63) is 35.4 Å². The Kier molecular flexibility index (Phi) is 10.4. The van der Waals surface area contributed by atoms with Crippen LogP contribution in [-0.4, -0.2) is 56.9 Å². The fourth-order valence-electron chi connectivity index (χ4n) is 1.65. The number of nitrogens with one attached hydrogen (secondary N) is 1. The smallest absolute Gasteiger partial charge is 0.328 e. The van der Waals surface area contributed by atoms with Gasteiger partial charge < -0.3 is 30.6 Å². The highest BCUT2D eigenvalue weighted by Crippen LogP contribution is 2.26. The van der Waals surface area contributed by atoms with E-state index in [9.17, 15) is 4.79 Å². The molecule has 1 aromatic carbocycles. The first-order valence-corrected chi connectivity index (χ1v) is 9.16. The van der Waals surface area contributed by atoms with E-state index in [0.717, 1.165) is 5.56 Å². The molecule has 24 heavy (non-hydrogen) atoms. The van der Waals surface area contributed by atoms with Crippen LogP contribution in [0.2, 0.25) is 0 Å². The zero-order valence-corrected chi connectivity index (χ0v) is 14.6. The summed E-state index contributed by atoms with van der Waals surface area (Å²) in [6, 6.07) is 6.85. The van der Waals surface area contributed by atoms with Crippen molar-refractivity contribution in [3.8, 4) is 0 Å². The third-order valence-electron chi connectivity index (χ3n) is 2.88. The summed E-state index contributed by atoms with van der Waals surface area (Å²) in [5, 5.41) is 2.68. The van der Waals surface area contributed by atoms with Crippen molar-refractivity contribution in [2.75, 3.05) is 26.6 Å². The number of nitrogens with two attached hydrogens (primary N) is 1. The van der Waals surface area contributed by atoms with Crippen molar-refractivity contribution >= 4 is 23.1 Å². The monoisotopic (exact) mass is 381 g/mol. The molecule has 0 fully saturated rings. The predicted molar refractivity (Wildman–Crippen MR) is 88.0 cm³/mol. The largest absolute Gasteiger partial charge is 0.351 e. The second kappa shape index (κ2) is 11.7. The minimum atomic E-state index is -2.54. The Balaban J connectivity index is 2.42. The van der Waals surface area contributed by atoms with Gasteiger partial charge in [-0.15, -0.1) is 0 Å². The Hall–Kier alpha value is -0.770. The molecular weight excluding hydrogens is 360 g/mol. The van der Waals surface area contributed by atoms with Gasteiger partial charge in [0.2, 0.25) is 0 Å². The Labute approximate surface area is 141 Å². The van der Waals surface area contributed by atoms with E-state index in [4.69, 9.17) is 25.3 Å². The van der Waals surface area contributed by atoms with E-state index in [1.54, 1.807) is 24.3 Å². The summed E-state index contributed by atoms with van der Waals surface area (Å²) in [6.45, 7) is 0.436. The summed E-state index contributed by atoms with van der Waals surface area (Å²) < 4.78 is 9.29. The Bertz CT molecular complexity index is 478. The summed E-state index contributed by atoms with van der Waals surface area (Å²) in [7, 11) is -5.08. The maximum Gasteiger partial charge on any atom is 0.328 e. The van der Waals surface area contributed by atoms with E-state index in [0.29, 0.717) is 12.1 Å². The molecule has 7 N–H and O–H groups in total. The maximum absolute atomic E-state index is 12.0. The molecule has 0 saturated heterocycles. The van der Waals surface area contributed by atoms with Crippen LogP contribution in [0, 0.1) is 0 Å². The van der Waals surface area contributed by atoms with Crippen LogP contribution in [-0.2, 0) is 15.6 Å². The standard InChI is InChI=1S/C12H21N3O7P2/c13-7-10-1-3-11(4-2-10)12(16)14-5-6-15(8-21-23(17)18)9-22-24(19)20/h1-4,17-20H,5-9,13H2,(H,14,16). The number of nitrogens with zero attached hydrogens (tertiary/aromatic N) is 1. The Morgan fingerprint density at radius 1 is 1.08 bits per heavy atom. The fourth-order valence-corrected chi connectivity index (χ4v) is 2.19. The molecule has 0 atom stereocenters. The molecule has 0 aromatic heterocycles. The average Bonchev–Trinajstić information content (AvgIpc) is 2.56. The third kappa shape index (κ3) is 8.91. The summed E-state index contributed by atoms with van der Waals surface area (Å²) >= 11 is 0. The molecule has 0 heterocycles. The van der Waals surface area contributed by atoms with Gasteiger partial charge in [-0.2, -0.15) is 0 Å². The van der Waals surface area contributed by atoms with Gasteiger partial charge in [-0.05, 0) is 17.7 Å². The van der Waals surface area contributed by atoms with Gasteiger partial charge in [0.1, 0.15) is 13.5 Å². The molecule has 0 spiro atoms. The van der Waals surface area contributed by atoms with Gasteiger partial charge in [0, 0.05) is 25.2 Å². The van der Waals surface area contributed by atoms with E-state index >= 15 is 0 Å². The van der Waals surface area contributed by atoms with Crippen molar-refractivity contribution in [2.45, 2.75) is 6.54 Å². The number of amides is 1. The van der Waals surface area contributed by atoms with Gasteiger partial charge in [-0.25, -0.2) is 0 Å². The lowest BCUT2D eigenvalue weighted by atomic mass is 10.1. The minimum Gasteiger partial charge on any atom is -0.351 e. The molecule has 0 aliphatic carbocycles. The van der Waals surface area contributed by atoms with Gasteiger partial charge in [0.05, 0.1) is 0 Å². The number of rotatable bonds is 11. The molecule has 0 bridgehead atoms. The number of hydrogen-bond acceptors (Lipinski definition) is 9. The molecule has 0 aliphatic heterocycles. The van der Waals surface area contributed by atoms with E-state index in [-0.39, 0.29) is 32.5 Å². The van der Waals surface area contributed by atoms with Crippen LogP contribution in [0.1, 0.15) is 15.9 Å². The van der Waals surface area contributed by atoms with Crippen LogP contribution in [0.25, 0.3) is 0 Å². The zero-order valence-electron chi connectivity index (χ0n) is 12.8. The average molecular weight is 381 g/mol. The molecule has 1 rings (SSSR count). The van der Waals surface area contributed by atoms with Crippen LogP contribution in [0.15, 0.2) is 24.3 Å². The van der Waals surface area contributed by atoms with Crippen LogP contribution in [0.4, 0.5) is 0 Å². The summed E-state index contributed by atoms with van der Waals surface area (Å²) in [5.74, 6) is -0.279. The summed E-state index contributed by atoms with van der Waals surface area (Å²) in [5.41, 5.74) is 6.89. The molecule has 1 aromatic rings. The highest BCUT2D eigenvalue weighted by Gasteiger charge is 2.12.